The molecule has 1 heterocycles. The predicted octanol–water partition coefficient (Wildman–Crippen LogP) is 0.385. The Morgan fingerprint density at radius 3 is 2.33 bits per heavy atom. The van der Waals surface area contributed by atoms with Gasteiger partial charge in [0.05, 0.1) is 6.33 Å². The van der Waals surface area contributed by atoms with E-state index >= 15 is 0 Å². The summed E-state index contributed by atoms with van der Waals surface area (Å²) in [6.45, 7) is 5.13. The van der Waals surface area contributed by atoms with Gasteiger partial charge in [0, 0.05) is 20.4 Å². The summed E-state index contributed by atoms with van der Waals surface area (Å²) in [7, 11) is 0. The lowest BCUT2D eigenvalue weighted by Crippen LogP contribution is -2.34. The number of aryl methyl sites for hydroxylation is 1. The average Bonchev–Trinajstić information content (AvgIpc) is 2.47. The van der Waals surface area contributed by atoms with Crippen molar-refractivity contribution in [3.05, 3.63) is 6.33 Å². The van der Waals surface area contributed by atoms with Crippen molar-refractivity contribution in [2.45, 2.75) is 27.3 Å². The monoisotopic (exact) mass is 210 g/mol. The van der Waals surface area contributed by atoms with Crippen molar-refractivity contribution in [2.24, 2.45) is 0 Å². The highest BCUT2D eigenvalue weighted by atomic mass is 16.2. The fraction of sp³-hybridized carbons (Fsp3) is 0.444. The molecule has 6 nitrogen and oxygen atoms in total. The fourth-order valence-corrected chi connectivity index (χ4v) is 1.33. The average molecular weight is 210 g/mol. The normalized spacial score (nSPS) is 10.1. The van der Waals surface area contributed by atoms with Gasteiger partial charge in [-0.2, -0.15) is 0 Å². The molecule has 6 heteroatoms. The second kappa shape index (κ2) is 4.12. The zero-order valence-electron chi connectivity index (χ0n) is 9.02. The van der Waals surface area contributed by atoms with Gasteiger partial charge in [-0.25, -0.2) is 9.88 Å². The molecule has 2 N–H and O–H groups in total. The van der Waals surface area contributed by atoms with Crippen LogP contribution in [0.4, 0.5) is 11.6 Å². The smallest absolute Gasteiger partial charge is 0.231 e. The van der Waals surface area contributed by atoms with Gasteiger partial charge in [0.15, 0.2) is 5.82 Å². The van der Waals surface area contributed by atoms with E-state index in [-0.39, 0.29) is 5.82 Å². The zero-order chi connectivity index (χ0) is 11.6. The first-order chi connectivity index (χ1) is 6.99. The van der Waals surface area contributed by atoms with Crippen LogP contribution in [0.2, 0.25) is 0 Å². The lowest BCUT2D eigenvalue weighted by atomic mass is 10.4. The molecule has 0 fully saturated rings. The second-order valence-corrected chi connectivity index (χ2v) is 3.11. The van der Waals surface area contributed by atoms with Crippen molar-refractivity contribution < 1.29 is 9.59 Å². The third-order valence-corrected chi connectivity index (χ3v) is 2.04. The minimum absolute atomic E-state index is 0.205. The van der Waals surface area contributed by atoms with Crippen LogP contribution < -0.4 is 10.6 Å². The Morgan fingerprint density at radius 2 is 2.00 bits per heavy atom. The van der Waals surface area contributed by atoms with Crippen LogP contribution in [0.15, 0.2) is 6.33 Å². The molecular weight excluding hydrogens is 196 g/mol. The Hall–Kier alpha value is -1.85. The Morgan fingerprint density at radius 1 is 1.47 bits per heavy atom. The molecule has 0 saturated heterocycles. The van der Waals surface area contributed by atoms with Crippen LogP contribution in [0.3, 0.4) is 0 Å². The molecule has 15 heavy (non-hydrogen) atoms. The maximum absolute atomic E-state index is 11.2. The number of anilines is 2. The molecule has 0 saturated carbocycles. The van der Waals surface area contributed by atoms with Crippen LogP contribution in [-0.4, -0.2) is 21.4 Å². The van der Waals surface area contributed by atoms with E-state index in [1.54, 1.807) is 4.57 Å². The molecule has 2 amide bonds. The lowest BCUT2D eigenvalue weighted by molar-refractivity contribution is -0.124. The van der Waals surface area contributed by atoms with E-state index in [0.29, 0.717) is 12.4 Å². The summed E-state index contributed by atoms with van der Waals surface area (Å²) in [6.07, 6.45) is 1.50. The van der Waals surface area contributed by atoms with Crippen molar-refractivity contribution in [1.29, 1.82) is 0 Å². The Kier molecular flexibility index (Phi) is 3.08. The largest absolute Gasteiger partial charge is 0.382 e. The van der Waals surface area contributed by atoms with Crippen LogP contribution in [-0.2, 0) is 16.1 Å². The zero-order valence-corrected chi connectivity index (χ0v) is 9.02. The molecule has 0 bridgehead atoms. The van der Waals surface area contributed by atoms with E-state index in [1.807, 2.05) is 6.92 Å². The van der Waals surface area contributed by atoms with Crippen molar-refractivity contribution in [1.82, 2.24) is 9.55 Å². The van der Waals surface area contributed by atoms with Gasteiger partial charge in [-0.15, -0.1) is 0 Å². The first-order valence-corrected chi connectivity index (χ1v) is 4.60. The number of amides is 2. The molecule has 0 unspecified atom stereocenters. The lowest BCUT2D eigenvalue weighted by Gasteiger charge is -2.14. The van der Waals surface area contributed by atoms with Crippen molar-refractivity contribution in [2.75, 3.05) is 10.6 Å². The summed E-state index contributed by atoms with van der Waals surface area (Å²) >= 11 is 0. The molecule has 0 spiro atoms. The molecule has 82 valence electrons. The first-order valence-electron chi connectivity index (χ1n) is 4.60. The maximum Gasteiger partial charge on any atom is 0.231 e. The minimum atomic E-state index is -0.393. The quantitative estimate of drug-likeness (QED) is 0.765. The maximum atomic E-state index is 11.2. The summed E-state index contributed by atoms with van der Waals surface area (Å²) in [6, 6.07) is 0. The van der Waals surface area contributed by atoms with Crippen LogP contribution in [0.25, 0.3) is 0 Å². The highest BCUT2D eigenvalue weighted by Crippen LogP contribution is 2.21. The van der Waals surface area contributed by atoms with Gasteiger partial charge in [0.1, 0.15) is 5.82 Å². The van der Waals surface area contributed by atoms with Crippen LogP contribution >= 0.6 is 0 Å². The minimum Gasteiger partial charge on any atom is -0.382 e. The summed E-state index contributed by atoms with van der Waals surface area (Å²) in [4.78, 5) is 27.4. The highest BCUT2D eigenvalue weighted by molar-refractivity contribution is 6.13. The molecule has 0 radical (unpaired) electrons. The molecule has 0 aliphatic carbocycles. The van der Waals surface area contributed by atoms with Gasteiger partial charge in [0.2, 0.25) is 11.8 Å². The summed E-state index contributed by atoms with van der Waals surface area (Å²) < 4.78 is 1.66. The standard InChI is InChI=1S/C9H14N4O2/c1-4-12-5-11-9(8(12)10)13(6(2)14)7(3)15/h5H,4,10H2,1-3H3. The number of rotatable bonds is 2. The third-order valence-electron chi connectivity index (χ3n) is 2.04. The number of carbonyl (C=O) groups excluding carboxylic acids is 2. The van der Waals surface area contributed by atoms with Crippen LogP contribution in [0, 0.1) is 0 Å². The van der Waals surface area contributed by atoms with E-state index in [2.05, 4.69) is 4.98 Å². The van der Waals surface area contributed by atoms with Gasteiger partial charge < -0.3 is 10.3 Å². The van der Waals surface area contributed by atoms with E-state index < -0.39 is 11.8 Å². The van der Waals surface area contributed by atoms with E-state index in [9.17, 15) is 9.59 Å². The van der Waals surface area contributed by atoms with Crippen LogP contribution in [0.5, 0.6) is 0 Å². The number of nitrogens with two attached hydrogens (primary N) is 1. The van der Waals surface area contributed by atoms with Gasteiger partial charge >= 0.3 is 0 Å². The number of imide groups is 1. The first kappa shape index (κ1) is 11.2. The molecule has 1 aromatic heterocycles. The molecule has 1 rings (SSSR count). The number of nitrogen functional groups attached to an aromatic ring is 1. The summed E-state index contributed by atoms with van der Waals surface area (Å²) in [5, 5.41) is 0. The predicted molar refractivity (Wildman–Crippen MR) is 56.2 cm³/mol. The molecular formula is C9H14N4O2. The molecule has 0 aromatic carbocycles. The van der Waals surface area contributed by atoms with Gasteiger partial charge in [-0.1, -0.05) is 0 Å². The molecule has 0 atom stereocenters. The van der Waals surface area contributed by atoms with E-state index in [1.165, 1.54) is 20.2 Å². The Balaban J connectivity index is 3.18. The topological polar surface area (TPSA) is 81.2 Å². The third kappa shape index (κ3) is 1.98. The Labute approximate surface area is 87.7 Å². The number of imidazole rings is 1. The van der Waals surface area contributed by atoms with Crippen molar-refractivity contribution >= 4 is 23.5 Å². The van der Waals surface area contributed by atoms with Gasteiger partial charge in [0.25, 0.3) is 0 Å². The number of nitrogens with zero attached hydrogens (tertiary/aromatic N) is 3. The van der Waals surface area contributed by atoms with Crippen molar-refractivity contribution in [3.8, 4) is 0 Å². The van der Waals surface area contributed by atoms with E-state index in [4.69, 9.17) is 5.73 Å². The number of aromatic nitrogens is 2. The summed E-state index contributed by atoms with van der Waals surface area (Å²) in [5.74, 6) is -0.258. The molecule has 1 aromatic rings. The Bertz CT molecular complexity index is 383. The molecule has 0 aliphatic rings. The number of carbonyl (C=O) groups is 2. The van der Waals surface area contributed by atoms with Crippen LogP contribution in [0.1, 0.15) is 20.8 Å². The SMILES string of the molecule is CCn1cnc(N(C(C)=O)C(C)=O)c1N. The second-order valence-electron chi connectivity index (χ2n) is 3.11. The van der Waals surface area contributed by atoms with Gasteiger partial charge in [-0.3, -0.25) is 9.59 Å². The fourth-order valence-electron chi connectivity index (χ4n) is 1.33. The van der Waals surface area contributed by atoms with Crippen molar-refractivity contribution in [3.63, 3.8) is 0 Å². The number of hydrogen-bond acceptors (Lipinski definition) is 4. The molecule has 0 aliphatic heterocycles. The highest BCUT2D eigenvalue weighted by Gasteiger charge is 2.22. The number of hydrogen-bond donors (Lipinski definition) is 1. The summed E-state index contributed by atoms with van der Waals surface area (Å²) in [5.41, 5.74) is 5.74. The van der Waals surface area contributed by atoms with Gasteiger partial charge in [-0.05, 0) is 6.92 Å². The van der Waals surface area contributed by atoms with E-state index in [0.717, 1.165) is 4.90 Å².